The van der Waals surface area contributed by atoms with E-state index in [2.05, 4.69) is 17.6 Å². The molecular formula is C19H30ClN3O3S. The first kappa shape index (κ1) is 22.1. The van der Waals surface area contributed by atoms with Gasteiger partial charge < -0.3 is 10.6 Å². The zero-order valence-corrected chi connectivity index (χ0v) is 17.9. The predicted molar refractivity (Wildman–Crippen MR) is 109 cm³/mol. The highest BCUT2D eigenvalue weighted by Gasteiger charge is 2.30. The molecule has 0 aliphatic carbocycles. The summed E-state index contributed by atoms with van der Waals surface area (Å²) in [6.45, 7) is 9.38. The minimum Gasteiger partial charge on any atom is -0.352 e. The van der Waals surface area contributed by atoms with E-state index in [1.54, 1.807) is 16.4 Å². The van der Waals surface area contributed by atoms with E-state index in [-0.39, 0.29) is 23.2 Å². The van der Waals surface area contributed by atoms with Gasteiger partial charge in [0.1, 0.15) is 0 Å². The predicted octanol–water partition coefficient (Wildman–Crippen LogP) is 2.10. The van der Waals surface area contributed by atoms with Crippen LogP contribution in [0, 0.1) is 25.7 Å². The lowest BCUT2D eigenvalue weighted by atomic mass is 10.0. The van der Waals surface area contributed by atoms with Crippen LogP contribution in [0.1, 0.15) is 41.3 Å². The van der Waals surface area contributed by atoms with Crippen molar-refractivity contribution in [2.75, 3.05) is 32.7 Å². The summed E-state index contributed by atoms with van der Waals surface area (Å²) < 4.78 is 27.9. The van der Waals surface area contributed by atoms with Crippen molar-refractivity contribution in [1.82, 2.24) is 14.9 Å². The first-order valence-electron chi connectivity index (χ1n) is 9.39. The van der Waals surface area contributed by atoms with Crippen LogP contribution in [0.2, 0.25) is 0 Å². The zero-order chi connectivity index (χ0) is 18.9. The van der Waals surface area contributed by atoms with Crippen LogP contribution < -0.4 is 10.6 Å². The molecule has 0 radical (unpaired) electrons. The molecule has 0 atom stereocenters. The zero-order valence-electron chi connectivity index (χ0n) is 16.2. The maximum Gasteiger partial charge on any atom is 0.251 e. The summed E-state index contributed by atoms with van der Waals surface area (Å²) >= 11 is 0. The van der Waals surface area contributed by atoms with Crippen LogP contribution in [0.3, 0.4) is 0 Å². The topological polar surface area (TPSA) is 78.5 Å². The lowest BCUT2D eigenvalue weighted by Crippen LogP contribution is -2.48. The summed E-state index contributed by atoms with van der Waals surface area (Å²) in [5.74, 6) is 0.815. The summed E-state index contributed by atoms with van der Waals surface area (Å²) in [5, 5.41) is 6.10. The Morgan fingerprint density at radius 1 is 1.22 bits per heavy atom. The quantitative estimate of drug-likeness (QED) is 0.771. The maximum absolute atomic E-state index is 13.1. The fourth-order valence-corrected chi connectivity index (χ4v) is 5.22. The minimum atomic E-state index is -3.58. The van der Waals surface area contributed by atoms with Crippen LogP contribution in [0.4, 0.5) is 0 Å². The van der Waals surface area contributed by atoms with E-state index in [9.17, 15) is 13.2 Å². The van der Waals surface area contributed by atoms with E-state index in [1.807, 2.05) is 13.8 Å². The summed E-state index contributed by atoms with van der Waals surface area (Å²) in [6, 6.07) is 3.32. The van der Waals surface area contributed by atoms with Gasteiger partial charge in [-0.1, -0.05) is 6.92 Å². The van der Waals surface area contributed by atoms with E-state index < -0.39 is 10.0 Å². The number of carbonyl (C=O) groups is 1. The lowest BCUT2D eigenvalue weighted by Gasteiger charge is -2.30. The molecule has 152 valence electrons. The number of sulfonamides is 1. The average Bonchev–Trinajstić information content (AvgIpc) is 2.55. The Hall–Kier alpha value is -1.15. The third-order valence-electron chi connectivity index (χ3n) is 5.66. The Kier molecular flexibility index (Phi) is 7.30. The molecule has 3 rings (SSSR count). The van der Waals surface area contributed by atoms with Gasteiger partial charge in [-0.05, 0) is 55.9 Å². The normalized spacial score (nSPS) is 19.2. The molecule has 1 aromatic rings. The number of halogens is 1. The molecule has 2 aliphatic heterocycles. The van der Waals surface area contributed by atoms with Gasteiger partial charge in [0, 0.05) is 44.2 Å². The number of aryl methyl sites for hydroxylation is 1. The second kappa shape index (κ2) is 8.90. The van der Waals surface area contributed by atoms with Crippen LogP contribution in [-0.4, -0.2) is 51.4 Å². The van der Waals surface area contributed by atoms with Crippen molar-refractivity contribution in [3.63, 3.8) is 0 Å². The number of rotatable bonds is 5. The Morgan fingerprint density at radius 3 is 2.41 bits per heavy atom. The summed E-state index contributed by atoms with van der Waals surface area (Å²) in [5.41, 5.74) is 1.97. The van der Waals surface area contributed by atoms with Crippen molar-refractivity contribution >= 4 is 28.3 Å². The number of nitrogens with one attached hydrogen (secondary N) is 2. The molecule has 2 heterocycles. The fraction of sp³-hybridized carbons (Fsp3) is 0.632. The number of hydrogen-bond acceptors (Lipinski definition) is 4. The van der Waals surface area contributed by atoms with Gasteiger partial charge in [0.25, 0.3) is 5.91 Å². The van der Waals surface area contributed by atoms with Crippen molar-refractivity contribution in [2.45, 2.75) is 38.5 Å². The summed E-state index contributed by atoms with van der Waals surface area (Å²) in [7, 11) is -3.58. The van der Waals surface area contributed by atoms with Crippen molar-refractivity contribution < 1.29 is 13.2 Å². The van der Waals surface area contributed by atoms with E-state index >= 15 is 0 Å². The Bertz CT molecular complexity index is 786. The van der Waals surface area contributed by atoms with E-state index in [1.165, 1.54) is 0 Å². The highest BCUT2D eigenvalue weighted by molar-refractivity contribution is 7.89. The van der Waals surface area contributed by atoms with E-state index in [4.69, 9.17) is 0 Å². The summed E-state index contributed by atoms with van der Waals surface area (Å²) in [6.07, 6.45) is 1.76. The number of hydrogen-bond donors (Lipinski definition) is 2. The molecule has 6 nitrogen and oxygen atoms in total. The van der Waals surface area contributed by atoms with Gasteiger partial charge in [0.05, 0.1) is 4.90 Å². The van der Waals surface area contributed by atoms with Crippen molar-refractivity contribution in [2.24, 2.45) is 11.8 Å². The first-order valence-corrected chi connectivity index (χ1v) is 10.8. The van der Waals surface area contributed by atoms with Gasteiger partial charge in [0.2, 0.25) is 10.0 Å². The fourth-order valence-electron chi connectivity index (χ4n) is 3.42. The highest BCUT2D eigenvalue weighted by Crippen LogP contribution is 2.28. The maximum atomic E-state index is 13.1. The molecule has 0 unspecified atom stereocenters. The largest absolute Gasteiger partial charge is 0.352 e. The number of piperidine rings is 1. The molecule has 0 saturated carbocycles. The molecule has 2 fully saturated rings. The molecule has 2 saturated heterocycles. The standard InChI is InChI=1S/C19H29N3O3S.ClH/c1-13-4-6-22(7-5-13)26(24,25)18-9-17(8-14(2)15(18)3)19(23)21-12-16-10-20-11-16;/h8-9,13,16,20H,4-7,10-12H2,1-3H3,(H,21,23);1H. The number of carbonyl (C=O) groups excluding carboxylic acids is 1. The van der Waals surface area contributed by atoms with Crippen LogP contribution in [0.5, 0.6) is 0 Å². The van der Waals surface area contributed by atoms with Gasteiger partial charge in [-0.3, -0.25) is 4.79 Å². The van der Waals surface area contributed by atoms with E-state index in [0.717, 1.165) is 37.1 Å². The monoisotopic (exact) mass is 415 g/mol. The molecule has 27 heavy (non-hydrogen) atoms. The first-order chi connectivity index (χ1) is 12.3. The number of amides is 1. The van der Waals surface area contributed by atoms with Crippen LogP contribution in [-0.2, 0) is 10.0 Å². The van der Waals surface area contributed by atoms with Crippen molar-refractivity contribution in [3.05, 3.63) is 28.8 Å². The molecule has 1 amide bonds. The van der Waals surface area contributed by atoms with Gasteiger partial charge in [-0.25, -0.2) is 8.42 Å². The Morgan fingerprint density at radius 2 is 1.85 bits per heavy atom. The second-order valence-electron chi connectivity index (χ2n) is 7.74. The lowest BCUT2D eigenvalue weighted by molar-refractivity contribution is 0.0942. The third kappa shape index (κ3) is 4.83. The number of benzene rings is 1. The Labute approximate surface area is 168 Å². The molecular weight excluding hydrogens is 386 g/mol. The van der Waals surface area contributed by atoms with Crippen LogP contribution >= 0.6 is 12.4 Å². The molecule has 0 spiro atoms. The second-order valence-corrected chi connectivity index (χ2v) is 9.64. The molecule has 0 bridgehead atoms. The molecule has 0 aromatic heterocycles. The highest BCUT2D eigenvalue weighted by atomic mass is 35.5. The van der Waals surface area contributed by atoms with Crippen LogP contribution in [0.25, 0.3) is 0 Å². The van der Waals surface area contributed by atoms with E-state index in [0.29, 0.717) is 37.0 Å². The van der Waals surface area contributed by atoms with Crippen molar-refractivity contribution in [1.29, 1.82) is 0 Å². The summed E-state index contributed by atoms with van der Waals surface area (Å²) in [4.78, 5) is 12.8. The molecule has 2 aliphatic rings. The van der Waals surface area contributed by atoms with Gasteiger partial charge >= 0.3 is 0 Å². The molecule has 8 heteroatoms. The Balaban J connectivity index is 0.00000261. The minimum absolute atomic E-state index is 0. The molecule has 2 N–H and O–H groups in total. The average molecular weight is 416 g/mol. The van der Waals surface area contributed by atoms with Gasteiger partial charge in [0.15, 0.2) is 0 Å². The SMILES string of the molecule is Cc1cc(C(=O)NCC2CNC2)cc(S(=O)(=O)N2CCC(C)CC2)c1C.Cl. The van der Waals surface area contributed by atoms with Gasteiger partial charge in [-0.15, -0.1) is 12.4 Å². The smallest absolute Gasteiger partial charge is 0.251 e. The van der Waals surface area contributed by atoms with Gasteiger partial charge in [-0.2, -0.15) is 4.31 Å². The van der Waals surface area contributed by atoms with Crippen LogP contribution in [0.15, 0.2) is 17.0 Å². The van der Waals surface area contributed by atoms with Crippen molar-refractivity contribution in [3.8, 4) is 0 Å². The molecule has 1 aromatic carbocycles. The third-order valence-corrected chi connectivity index (χ3v) is 7.68. The number of nitrogens with zero attached hydrogens (tertiary/aromatic N) is 1.